The van der Waals surface area contributed by atoms with Crippen LogP contribution in [-0.2, 0) is 64.3 Å². The van der Waals surface area contributed by atoms with Crippen molar-refractivity contribution in [3.8, 4) is 0 Å². The average molecular weight is 1120 g/mol. The molecule has 0 aliphatic heterocycles. The highest BCUT2D eigenvalue weighted by molar-refractivity contribution is 5.33. The molecule has 7 rings (SSSR count). The van der Waals surface area contributed by atoms with E-state index < -0.39 is 81.8 Å². The quantitative estimate of drug-likeness (QED) is 0.0692. The number of hydrogen-bond donors (Lipinski definition) is 7. The summed E-state index contributed by atoms with van der Waals surface area (Å²) in [6.07, 6.45) is -7.35. The third-order valence-corrected chi connectivity index (χ3v) is 9.53. The van der Waals surface area contributed by atoms with Crippen LogP contribution in [0, 0.1) is 46.5 Å². The highest BCUT2D eigenvalue weighted by Gasteiger charge is 2.36. The minimum absolute atomic E-state index is 0.0313. The molecule has 0 amide bonds. The summed E-state index contributed by atoms with van der Waals surface area (Å²) >= 11 is 0. The van der Waals surface area contributed by atoms with Crippen LogP contribution in [0.2, 0.25) is 0 Å². The van der Waals surface area contributed by atoms with Gasteiger partial charge in [0.1, 0.15) is 34.9 Å². The third-order valence-electron chi connectivity index (χ3n) is 9.53. The Bertz CT molecular complexity index is 2720. The molecule has 0 spiro atoms. The number of nitrogens with zero attached hydrogens (tertiary/aromatic N) is 2. The lowest BCUT2D eigenvalue weighted by Crippen LogP contribution is -2.12. The Morgan fingerprint density at radius 3 is 1.29 bits per heavy atom. The minimum atomic E-state index is -4.81. The van der Waals surface area contributed by atoms with Crippen LogP contribution in [-0.4, -0.2) is 16.1 Å². The Kier molecular flexibility index (Phi) is 30.0. The van der Waals surface area contributed by atoms with E-state index in [1.54, 1.807) is 12.5 Å². The first-order chi connectivity index (χ1) is 36.1. The topological polar surface area (TPSA) is 200 Å². The van der Waals surface area contributed by atoms with Crippen LogP contribution in [0.1, 0.15) is 56.5 Å². The zero-order chi connectivity index (χ0) is 58.5. The molecule has 77 heavy (non-hydrogen) atoms. The summed E-state index contributed by atoms with van der Waals surface area (Å²) < 4.78 is 211. The largest absolute Gasteiger partial charge is 0.416 e. The first-order valence-corrected chi connectivity index (χ1v) is 22.1. The number of rotatable bonds is 9. The van der Waals surface area contributed by atoms with E-state index in [0.717, 1.165) is 68.0 Å². The van der Waals surface area contributed by atoms with Gasteiger partial charge in [-0.2, -0.15) is 39.5 Å². The summed E-state index contributed by atoms with van der Waals surface area (Å²) in [5, 5.41) is 0. The van der Waals surface area contributed by atoms with E-state index >= 15 is 0 Å². The standard InChI is InChI=1S/C9H7F6N.C8H8F3N.4C7H7F2N.C6H11N3/c10-8(11,12)6-1-5(4-16)2-7(3-6)9(13,14)15;9-8(10,11)7-3-1-6(5-12)2-4-7;8-6-1-2-7(9)5(3-6)4-10;8-6-2-1-5(4-10)7(9)3-6;8-6-2-1-5(4-10)3-7(6)9;8-6-2-1-3-7(9)5(6)4-10;7-2-1-4-9-5-3-8-6-9/h1-3H,4,16H2;1-4H,5,12H2;4*1-3H,4,10H2;3,5-6H,1-2,4,7H2. The number of imidazole rings is 1. The van der Waals surface area contributed by atoms with Crippen LogP contribution in [0.3, 0.4) is 0 Å². The molecule has 14 N–H and O–H groups in total. The van der Waals surface area contributed by atoms with Gasteiger partial charge in [-0.25, -0.2) is 40.1 Å². The number of alkyl halides is 9. The predicted molar refractivity (Wildman–Crippen MR) is 257 cm³/mol. The normalized spacial score (nSPS) is 10.8. The lowest BCUT2D eigenvalue weighted by Gasteiger charge is -2.13. The minimum Gasteiger partial charge on any atom is -0.337 e. The van der Waals surface area contributed by atoms with Crippen molar-refractivity contribution in [2.45, 2.75) is 70.8 Å². The first-order valence-electron chi connectivity index (χ1n) is 22.1. The zero-order valence-corrected chi connectivity index (χ0v) is 40.4. The van der Waals surface area contributed by atoms with E-state index in [4.69, 9.17) is 40.1 Å². The molecule has 0 aliphatic carbocycles. The molecule has 0 radical (unpaired) electrons. The molecule has 0 bridgehead atoms. The Balaban J connectivity index is 0.000000453. The molecule has 26 heteroatoms. The summed E-state index contributed by atoms with van der Waals surface area (Å²) in [7, 11) is 0. The monoisotopic (exact) mass is 1120 g/mol. The first kappa shape index (κ1) is 68.1. The Morgan fingerprint density at radius 2 is 0.883 bits per heavy atom. The summed E-state index contributed by atoms with van der Waals surface area (Å²) in [6.45, 7) is 1.88. The average Bonchev–Trinajstić information content (AvgIpc) is 3.91. The molecule has 1 aromatic heterocycles. The Labute approximate surface area is 431 Å². The van der Waals surface area contributed by atoms with Gasteiger partial charge in [0.2, 0.25) is 0 Å². The maximum absolute atomic E-state index is 12.5. The van der Waals surface area contributed by atoms with Crippen molar-refractivity contribution in [1.29, 1.82) is 0 Å². The summed E-state index contributed by atoms with van der Waals surface area (Å²) in [5.41, 5.74) is 34.3. The van der Waals surface area contributed by atoms with Gasteiger partial charge in [-0.3, -0.25) is 0 Å². The van der Waals surface area contributed by atoms with Crippen LogP contribution >= 0.6 is 0 Å². The highest BCUT2D eigenvalue weighted by atomic mass is 19.4. The van der Waals surface area contributed by atoms with Gasteiger partial charge in [0.05, 0.1) is 23.0 Å². The zero-order valence-electron chi connectivity index (χ0n) is 40.4. The lowest BCUT2D eigenvalue weighted by atomic mass is 10.0. The predicted octanol–water partition coefficient (Wildman–Crippen LogP) is 11.3. The second-order valence-electron chi connectivity index (χ2n) is 15.2. The van der Waals surface area contributed by atoms with Crippen molar-refractivity contribution >= 4 is 0 Å². The molecular weight excluding hydrogens is 1060 g/mol. The van der Waals surface area contributed by atoms with Crippen molar-refractivity contribution in [3.05, 3.63) is 231 Å². The second-order valence-corrected chi connectivity index (χ2v) is 15.2. The summed E-state index contributed by atoms with van der Waals surface area (Å²) in [4.78, 5) is 3.90. The van der Waals surface area contributed by atoms with Gasteiger partial charge in [0, 0.05) is 81.0 Å². The fraction of sp³-hybridized carbons (Fsp3) is 0.235. The van der Waals surface area contributed by atoms with Gasteiger partial charge in [0.25, 0.3) is 0 Å². The molecule has 6 aromatic carbocycles. The van der Waals surface area contributed by atoms with Gasteiger partial charge in [-0.05, 0) is 109 Å². The fourth-order valence-electron chi connectivity index (χ4n) is 5.44. The summed E-state index contributed by atoms with van der Waals surface area (Å²) in [5.74, 6) is -4.91. The molecule has 7 aromatic rings. The van der Waals surface area contributed by atoms with Crippen molar-refractivity contribution < 1.29 is 74.6 Å². The number of hydrogen-bond acceptors (Lipinski definition) is 8. The molecule has 0 unspecified atom stereocenters. The van der Waals surface area contributed by atoms with Crippen LogP contribution < -0.4 is 40.1 Å². The van der Waals surface area contributed by atoms with Gasteiger partial charge >= 0.3 is 18.5 Å². The van der Waals surface area contributed by atoms with E-state index in [1.165, 1.54) is 48.5 Å². The van der Waals surface area contributed by atoms with Crippen LogP contribution in [0.25, 0.3) is 0 Å². The highest BCUT2D eigenvalue weighted by Crippen LogP contribution is 2.36. The molecule has 0 saturated carbocycles. The van der Waals surface area contributed by atoms with Crippen molar-refractivity contribution in [2.24, 2.45) is 40.1 Å². The smallest absolute Gasteiger partial charge is 0.337 e. The van der Waals surface area contributed by atoms with Crippen molar-refractivity contribution in [1.82, 2.24) is 9.55 Å². The maximum atomic E-state index is 12.5. The molecular formula is C51H54F17N9. The molecule has 0 saturated heterocycles. The van der Waals surface area contributed by atoms with Crippen LogP contribution in [0.4, 0.5) is 74.6 Å². The van der Waals surface area contributed by atoms with E-state index in [9.17, 15) is 74.6 Å². The van der Waals surface area contributed by atoms with Crippen molar-refractivity contribution in [3.63, 3.8) is 0 Å². The second kappa shape index (κ2) is 34.0. The number of aryl methyl sites for hydroxylation is 1. The van der Waals surface area contributed by atoms with E-state index in [1.807, 2.05) is 10.8 Å². The SMILES string of the molecule is NCCCn1ccnc1.NCc1c(F)cccc1F.NCc1cc(C(F)(F)F)cc(C(F)(F)F)c1.NCc1cc(F)ccc1F.NCc1ccc(C(F)(F)F)cc1.NCc1ccc(F)c(F)c1.NCc1ccc(F)cc1F. The van der Waals surface area contributed by atoms with E-state index in [-0.39, 0.29) is 62.0 Å². The number of nitrogens with two attached hydrogens (primary N) is 7. The van der Waals surface area contributed by atoms with Crippen molar-refractivity contribution in [2.75, 3.05) is 6.54 Å². The number of benzene rings is 6. The molecule has 0 atom stereocenters. The molecule has 1 heterocycles. The Morgan fingerprint density at radius 1 is 0.390 bits per heavy atom. The number of halogens is 17. The van der Waals surface area contributed by atoms with Crippen LogP contribution in [0.15, 0.2) is 134 Å². The van der Waals surface area contributed by atoms with Gasteiger partial charge in [-0.1, -0.05) is 30.3 Å². The molecule has 9 nitrogen and oxygen atoms in total. The van der Waals surface area contributed by atoms with E-state index in [0.29, 0.717) is 28.8 Å². The molecule has 0 fully saturated rings. The van der Waals surface area contributed by atoms with Crippen LogP contribution in [0.5, 0.6) is 0 Å². The molecule has 422 valence electrons. The van der Waals surface area contributed by atoms with E-state index in [2.05, 4.69) is 4.98 Å². The summed E-state index contributed by atoms with van der Waals surface area (Å²) in [6, 6.07) is 20.0. The van der Waals surface area contributed by atoms with Gasteiger partial charge in [-0.15, -0.1) is 0 Å². The molecule has 0 aliphatic rings. The third kappa shape index (κ3) is 26.1. The van der Waals surface area contributed by atoms with Gasteiger partial charge < -0.3 is 44.7 Å². The fourth-order valence-corrected chi connectivity index (χ4v) is 5.44. The Hall–Kier alpha value is -6.94. The lowest BCUT2D eigenvalue weighted by molar-refractivity contribution is -0.143. The maximum Gasteiger partial charge on any atom is 0.416 e. The van der Waals surface area contributed by atoms with Gasteiger partial charge in [0.15, 0.2) is 11.6 Å². The number of aromatic nitrogens is 2.